The standard InChI is InChI=1S/C33H42N3O5S.C19H19ClO4.HI/c1-5-6-7-13-21-39-31-30(34-42-35-31)27-18-14-20-36(4,23-27)32(25-15-9-8-10-16-25)41-29(37)22-26-17-11-12-19-28(26)40-33(38)24(2)3;1-13(2)19(22)23-16-11-7-6-10-15(16)12-17(21)24-18(20)14-8-4-3-5-9-14;/h8-12,15-19,24,32H,5-7,13-14,20-23H2,1-4H3;3-11,13,18H,12H2,1-2H3;1H/q+1;;/p-1. The molecule has 6 rings (SSSR count). The van der Waals surface area contributed by atoms with E-state index in [1.165, 1.54) is 12.8 Å². The Balaban J connectivity index is 0.000000333. The van der Waals surface area contributed by atoms with Gasteiger partial charge in [-0.1, -0.05) is 156 Å². The molecule has 4 aromatic carbocycles. The predicted molar refractivity (Wildman–Crippen MR) is 256 cm³/mol. The molecule has 358 valence electrons. The lowest BCUT2D eigenvalue weighted by Gasteiger charge is -2.42. The molecule has 3 atom stereocenters. The fourth-order valence-corrected chi connectivity index (χ4v) is 7.81. The molecule has 0 saturated carbocycles. The first-order valence-electron chi connectivity index (χ1n) is 22.5. The van der Waals surface area contributed by atoms with Crippen molar-refractivity contribution in [3.8, 4) is 17.4 Å². The van der Waals surface area contributed by atoms with E-state index in [9.17, 15) is 19.2 Å². The normalized spacial score (nSPS) is 15.1. The van der Waals surface area contributed by atoms with Crippen LogP contribution in [0.1, 0.15) is 106 Å². The lowest BCUT2D eigenvalue weighted by atomic mass is 10.0. The minimum absolute atomic E-state index is 0. The Morgan fingerprint density at radius 2 is 1.21 bits per heavy atom. The summed E-state index contributed by atoms with van der Waals surface area (Å²) in [4.78, 5) is 49.6. The van der Waals surface area contributed by atoms with Gasteiger partial charge in [0.05, 0.1) is 62.2 Å². The average molecular weight is 1070 g/mol. The van der Waals surface area contributed by atoms with Gasteiger partial charge < -0.3 is 47.7 Å². The van der Waals surface area contributed by atoms with Crippen molar-refractivity contribution in [2.45, 2.75) is 91.4 Å². The second-order valence-electron chi connectivity index (χ2n) is 16.9. The fourth-order valence-electron chi connectivity index (χ4n) is 7.04. The van der Waals surface area contributed by atoms with Crippen LogP contribution >= 0.6 is 23.3 Å². The highest BCUT2D eigenvalue weighted by Gasteiger charge is 2.41. The van der Waals surface area contributed by atoms with E-state index < -0.39 is 23.7 Å². The van der Waals surface area contributed by atoms with E-state index in [1.807, 2.05) is 54.6 Å². The molecule has 0 aliphatic carbocycles. The van der Waals surface area contributed by atoms with Gasteiger partial charge in [0.1, 0.15) is 23.7 Å². The Labute approximate surface area is 420 Å². The van der Waals surface area contributed by atoms with Crippen LogP contribution < -0.4 is 38.2 Å². The number of hydrogen-bond donors (Lipinski definition) is 0. The summed E-state index contributed by atoms with van der Waals surface area (Å²) < 4.78 is 37.9. The molecule has 2 heterocycles. The molecule has 0 radical (unpaired) electrons. The Morgan fingerprint density at radius 1 is 0.687 bits per heavy atom. The van der Waals surface area contributed by atoms with Crippen LogP contribution in [0.25, 0.3) is 5.57 Å². The number of unbranched alkanes of at least 4 members (excludes halogenated alkanes) is 3. The fraction of sp³-hybridized carbons (Fsp3) is 0.385. The van der Waals surface area contributed by atoms with Crippen LogP contribution in [-0.4, -0.2) is 63.9 Å². The van der Waals surface area contributed by atoms with E-state index in [0.717, 1.165) is 54.4 Å². The Bertz CT molecular complexity index is 2380. The monoisotopic (exact) mass is 1070 g/mol. The minimum atomic E-state index is -0.857. The molecular weight excluding hydrogens is 1010 g/mol. The van der Waals surface area contributed by atoms with E-state index >= 15 is 0 Å². The van der Waals surface area contributed by atoms with Gasteiger partial charge in [0.15, 0.2) is 0 Å². The highest BCUT2D eigenvalue weighted by molar-refractivity contribution is 6.99. The smallest absolute Gasteiger partial charge is 0.315 e. The maximum Gasteiger partial charge on any atom is 0.315 e. The Hall–Kier alpha value is -5.16. The van der Waals surface area contributed by atoms with Crippen LogP contribution in [-0.2, 0) is 41.5 Å². The largest absolute Gasteiger partial charge is 1.00 e. The average Bonchev–Trinajstić information content (AvgIpc) is 3.79. The van der Waals surface area contributed by atoms with E-state index in [-0.39, 0.29) is 60.6 Å². The SMILES string of the molecule is CC(C)C(=O)Oc1ccccc1CC(=O)OC(Cl)c1ccccc1.CCCCCCOc1nsnc1C1=CCC[N+](C)(C(OC(=O)Cc2ccccc2OC(=O)C(C)C)c2ccccc2)C1.[I-]. The van der Waals surface area contributed by atoms with Crippen LogP contribution in [0, 0.1) is 11.8 Å². The molecule has 1 aliphatic rings. The van der Waals surface area contributed by atoms with Crippen molar-refractivity contribution in [3.05, 3.63) is 143 Å². The number of carbonyl (C=O) groups excluding carboxylic acids is 4. The molecule has 1 aromatic heterocycles. The molecule has 0 amide bonds. The zero-order valence-corrected chi connectivity index (χ0v) is 42.8. The first kappa shape index (κ1) is 54.4. The second-order valence-corrected chi connectivity index (χ2v) is 17.8. The maximum absolute atomic E-state index is 13.5. The number of halogens is 2. The molecule has 0 spiro atoms. The van der Waals surface area contributed by atoms with Crippen molar-refractivity contribution >= 4 is 52.8 Å². The Morgan fingerprint density at radius 3 is 1.76 bits per heavy atom. The summed E-state index contributed by atoms with van der Waals surface area (Å²) in [5.74, 6) is -0.791. The zero-order valence-electron chi connectivity index (χ0n) is 39.0. The molecule has 67 heavy (non-hydrogen) atoms. The number of nitrogens with zero attached hydrogens (tertiary/aromatic N) is 3. The van der Waals surface area contributed by atoms with Gasteiger partial charge >= 0.3 is 23.9 Å². The molecule has 0 bridgehead atoms. The van der Waals surface area contributed by atoms with Crippen LogP contribution in [0.3, 0.4) is 0 Å². The molecule has 12 nitrogen and oxygen atoms in total. The predicted octanol–water partition coefficient (Wildman–Crippen LogP) is 8.05. The second kappa shape index (κ2) is 27.6. The van der Waals surface area contributed by atoms with Crippen LogP contribution in [0.2, 0.25) is 0 Å². The molecule has 0 fully saturated rings. The summed E-state index contributed by atoms with van der Waals surface area (Å²) in [5, 5.41) is 0. The van der Waals surface area contributed by atoms with Crippen LogP contribution in [0.4, 0.5) is 0 Å². The van der Waals surface area contributed by atoms with Crippen molar-refractivity contribution in [3.63, 3.8) is 0 Å². The van der Waals surface area contributed by atoms with Gasteiger partial charge in [0.25, 0.3) is 12.1 Å². The third-order valence-electron chi connectivity index (χ3n) is 10.7. The van der Waals surface area contributed by atoms with Crippen molar-refractivity contribution in [1.82, 2.24) is 8.75 Å². The van der Waals surface area contributed by atoms with Crippen molar-refractivity contribution in [1.29, 1.82) is 0 Å². The number of rotatable bonds is 20. The minimum Gasteiger partial charge on any atom is -1.00 e. The number of esters is 4. The van der Waals surface area contributed by atoms with E-state index in [4.69, 9.17) is 35.3 Å². The maximum atomic E-state index is 13.5. The number of para-hydroxylation sites is 2. The topological polar surface area (TPSA) is 140 Å². The van der Waals surface area contributed by atoms with E-state index in [2.05, 4.69) is 28.8 Å². The number of ether oxygens (including phenoxy) is 5. The van der Waals surface area contributed by atoms with Gasteiger partial charge in [0, 0.05) is 28.7 Å². The van der Waals surface area contributed by atoms with Gasteiger partial charge in [-0.2, -0.15) is 4.37 Å². The number of hydrogen-bond acceptors (Lipinski definition) is 12. The molecule has 1 aliphatic heterocycles. The van der Waals surface area contributed by atoms with Gasteiger partial charge in [-0.15, -0.1) is 4.37 Å². The molecule has 0 saturated heterocycles. The molecule has 15 heteroatoms. The first-order chi connectivity index (χ1) is 31.8. The van der Waals surface area contributed by atoms with Gasteiger partial charge in [0.2, 0.25) is 5.56 Å². The number of alkyl halides is 1. The summed E-state index contributed by atoms with van der Waals surface area (Å²) >= 11 is 7.26. The third kappa shape index (κ3) is 16.8. The third-order valence-corrected chi connectivity index (χ3v) is 11.6. The quantitative estimate of drug-likeness (QED) is 0.0187. The van der Waals surface area contributed by atoms with Crippen molar-refractivity contribution in [2.24, 2.45) is 11.8 Å². The number of aromatic nitrogens is 2. The zero-order chi connectivity index (χ0) is 47.5. The van der Waals surface area contributed by atoms with Crippen molar-refractivity contribution < 1.29 is 71.3 Å². The molecule has 0 N–H and O–H groups in total. The molecular formula is C52H61ClIN3O9S. The lowest BCUT2D eigenvalue weighted by Crippen LogP contribution is -3.00. The number of benzene rings is 4. The molecule has 3 unspecified atom stereocenters. The summed E-state index contributed by atoms with van der Waals surface area (Å²) in [6.07, 6.45) is 6.91. The summed E-state index contributed by atoms with van der Waals surface area (Å²) in [5.41, 5.74) is 3.77. The highest BCUT2D eigenvalue weighted by Crippen LogP contribution is 2.37. The van der Waals surface area contributed by atoms with Gasteiger partial charge in [-0.05, 0) is 30.7 Å². The van der Waals surface area contributed by atoms with E-state index in [1.54, 1.807) is 82.3 Å². The summed E-state index contributed by atoms with van der Waals surface area (Å²) in [7, 11) is 2.11. The van der Waals surface area contributed by atoms with Crippen LogP contribution in [0.15, 0.2) is 115 Å². The van der Waals surface area contributed by atoms with Crippen molar-refractivity contribution in [2.75, 3.05) is 26.7 Å². The number of carbonyl (C=O) groups is 4. The van der Waals surface area contributed by atoms with E-state index in [0.29, 0.717) is 51.7 Å². The summed E-state index contributed by atoms with van der Waals surface area (Å²) in [6, 6.07) is 32.9. The number of quaternary nitrogens is 1. The lowest BCUT2D eigenvalue weighted by molar-refractivity contribution is -0.953. The molecule has 5 aromatic rings. The van der Waals surface area contributed by atoms with Crippen LogP contribution in [0.5, 0.6) is 17.4 Å². The number of likely N-dealkylation sites (N-methyl/N-ethyl adjacent to an activating group) is 1. The Kier molecular flexibility index (Phi) is 22.4. The van der Waals surface area contributed by atoms with Gasteiger partial charge in [-0.3, -0.25) is 23.7 Å². The highest BCUT2D eigenvalue weighted by atomic mass is 127. The summed E-state index contributed by atoms with van der Waals surface area (Å²) in [6.45, 7) is 11.2. The van der Waals surface area contributed by atoms with Gasteiger partial charge in [-0.25, -0.2) is 0 Å². The first-order valence-corrected chi connectivity index (χ1v) is 23.7.